The van der Waals surface area contributed by atoms with Gasteiger partial charge in [-0.15, -0.1) is 0 Å². The van der Waals surface area contributed by atoms with Crippen LogP contribution in [-0.2, 0) is 4.79 Å². The van der Waals surface area contributed by atoms with Crippen molar-refractivity contribution in [1.29, 1.82) is 0 Å². The predicted molar refractivity (Wildman–Crippen MR) is 148 cm³/mol. The summed E-state index contributed by atoms with van der Waals surface area (Å²) in [6.07, 6.45) is 3.21. The second-order valence-corrected chi connectivity index (χ2v) is 10.4. The molecule has 0 atom stereocenters. The first-order valence-electron chi connectivity index (χ1n) is 10.9. The Kier molecular flexibility index (Phi) is 7.14. The minimum Gasteiger partial charge on any atom is -0.478 e. The van der Waals surface area contributed by atoms with Crippen LogP contribution in [-0.4, -0.2) is 32.1 Å². The molecule has 9 nitrogen and oxygen atoms in total. The second-order valence-electron chi connectivity index (χ2n) is 7.87. The van der Waals surface area contributed by atoms with Crippen LogP contribution in [0.25, 0.3) is 17.0 Å². The topological polar surface area (TPSA) is 135 Å². The van der Waals surface area contributed by atoms with Gasteiger partial charge < -0.3 is 10.4 Å². The molecule has 1 amide bonds. The summed E-state index contributed by atoms with van der Waals surface area (Å²) >= 11 is 8.18. The van der Waals surface area contributed by atoms with E-state index in [0.717, 1.165) is 27.6 Å². The van der Waals surface area contributed by atoms with Crippen LogP contribution >= 0.6 is 35.1 Å². The molecule has 1 saturated heterocycles. The zero-order valence-electron chi connectivity index (χ0n) is 19.1. The van der Waals surface area contributed by atoms with Gasteiger partial charge in [0, 0.05) is 22.5 Å². The standard InChI is InChI=1S/C26H15ClN4O5S2/c27-18-8-7-16(13-17(18)25(33)34)29-26-30-24(32)22(38-26)12-14-6-9-20(19(11-14)31(35)36)37-21-5-1-3-15-4-2-10-28-23(15)21/h1-13H,(H,33,34)(H,29,30,32)/b22-12-. The molecule has 0 spiro atoms. The number of nitro benzene ring substituents is 1. The van der Waals surface area contributed by atoms with Crippen molar-refractivity contribution < 1.29 is 19.6 Å². The largest absolute Gasteiger partial charge is 0.478 e. The number of thioether (sulfide) groups is 1. The number of nitro groups is 1. The van der Waals surface area contributed by atoms with E-state index in [9.17, 15) is 24.8 Å². The minimum atomic E-state index is -1.19. The lowest BCUT2D eigenvalue weighted by molar-refractivity contribution is -0.387. The summed E-state index contributed by atoms with van der Waals surface area (Å²) < 4.78 is 0. The number of nitrogens with zero attached hydrogens (tertiary/aromatic N) is 3. The smallest absolute Gasteiger partial charge is 0.337 e. The number of aromatic carboxylic acids is 1. The highest BCUT2D eigenvalue weighted by molar-refractivity contribution is 8.18. The van der Waals surface area contributed by atoms with E-state index in [1.807, 2.05) is 30.3 Å². The van der Waals surface area contributed by atoms with Crippen LogP contribution in [0.3, 0.4) is 0 Å². The molecule has 2 N–H and O–H groups in total. The van der Waals surface area contributed by atoms with Crippen molar-refractivity contribution in [2.45, 2.75) is 9.79 Å². The van der Waals surface area contributed by atoms with Gasteiger partial charge >= 0.3 is 5.97 Å². The van der Waals surface area contributed by atoms with Crippen LogP contribution in [0.15, 0.2) is 92.6 Å². The summed E-state index contributed by atoms with van der Waals surface area (Å²) in [5, 5.41) is 25.0. The van der Waals surface area contributed by atoms with Gasteiger partial charge in [-0.1, -0.05) is 47.6 Å². The number of aliphatic imine (C=N–C) groups is 1. The number of hydrogen-bond acceptors (Lipinski definition) is 8. The summed E-state index contributed by atoms with van der Waals surface area (Å²) in [4.78, 5) is 45.5. The van der Waals surface area contributed by atoms with Gasteiger partial charge in [-0.05, 0) is 59.8 Å². The van der Waals surface area contributed by atoms with Crippen LogP contribution in [0.4, 0.5) is 11.4 Å². The first kappa shape index (κ1) is 25.5. The molecule has 1 aliphatic rings. The van der Waals surface area contributed by atoms with Gasteiger partial charge in [-0.2, -0.15) is 0 Å². The monoisotopic (exact) mass is 562 g/mol. The molecule has 12 heteroatoms. The molecular formula is C26H15ClN4O5S2. The van der Waals surface area contributed by atoms with Crippen molar-refractivity contribution in [3.8, 4) is 0 Å². The highest BCUT2D eigenvalue weighted by Gasteiger charge is 2.25. The number of benzene rings is 3. The average Bonchev–Trinajstić information content (AvgIpc) is 3.24. The maximum Gasteiger partial charge on any atom is 0.337 e. The highest BCUT2D eigenvalue weighted by atomic mass is 35.5. The molecule has 0 bridgehead atoms. The van der Waals surface area contributed by atoms with E-state index in [2.05, 4.69) is 15.3 Å². The van der Waals surface area contributed by atoms with E-state index in [0.29, 0.717) is 16.1 Å². The Bertz CT molecular complexity index is 1700. The molecule has 0 saturated carbocycles. The van der Waals surface area contributed by atoms with E-state index >= 15 is 0 Å². The number of fused-ring (bicyclic) bond motifs is 1. The van der Waals surface area contributed by atoms with Gasteiger partial charge in [0.05, 0.1) is 36.5 Å². The number of amides is 1. The van der Waals surface area contributed by atoms with Crippen molar-refractivity contribution in [2.75, 3.05) is 0 Å². The van der Waals surface area contributed by atoms with Crippen LogP contribution in [0.5, 0.6) is 0 Å². The number of halogens is 1. The normalized spacial score (nSPS) is 15.2. The first-order valence-corrected chi connectivity index (χ1v) is 12.9. The second kappa shape index (κ2) is 10.7. The number of pyridine rings is 1. The number of para-hydroxylation sites is 1. The summed E-state index contributed by atoms with van der Waals surface area (Å²) in [7, 11) is 0. The lowest BCUT2D eigenvalue weighted by Crippen LogP contribution is -2.19. The number of amidine groups is 1. The number of aromatic nitrogens is 1. The van der Waals surface area contributed by atoms with Crippen LogP contribution < -0.4 is 5.32 Å². The molecule has 0 aliphatic carbocycles. The Morgan fingerprint density at radius 1 is 1.13 bits per heavy atom. The maximum atomic E-state index is 12.5. The fourth-order valence-corrected chi connectivity index (χ4v) is 5.69. The summed E-state index contributed by atoms with van der Waals surface area (Å²) in [6, 6.07) is 18.4. The van der Waals surface area contributed by atoms with Crippen LogP contribution in [0.1, 0.15) is 15.9 Å². The highest BCUT2D eigenvalue weighted by Crippen LogP contribution is 2.39. The molecule has 2 heterocycles. The molecule has 0 radical (unpaired) electrons. The molecule has 3 aromatic carbocycles. The number of carboxylic acids is 1. The summed E-state index contributed by atoms with van der Waals surface area (Å²) in [5.74, 6) is -1.62. The Balaban J connectivity index is 1.41. The maximum absolute atomic E-state index is 12.5. The SMILES string of the molecule is O=C1NC(=Nc2ccc(Cl)c(C(=O)O)c2)S/C1=C\c1ccc(Sc2cccc3cccnc23)c([N+](=O)[O-])c1. The van der Waals surface area contributed by atoms with E-state index in [1.165, 1.54) is 42.1 Å². The van der Waals surface area contributed by atoms with Crippen molar-refractivity contribution in [3.63, 3.8) is 0 Å². The zero-order valence-corrected chi connectivity index (χ0v) is 21.5. The Labute approximate surface area is 228 Å². The molecule has 0 unspecified atom stereocenters. The molecule has 5 rings (SSSR count). The third kappa shape index (κ3) is 5.40. The Morgan fingerprint density at radius 3 is 2.74 bits per heavy atom. The van der Waals surface area contributed by atoms with Crippen molar-refractivity contribution in [1.82, 2.24) is 10.3 Å². The molecular weight excluding hydrogens is 548 g/mol. The number of carboxylic acid groups (broad SMARTS) is 1. The van der Waals surface area contributed by atoms with Crippen LogP contribution in [0.2, 0.25) is 5.02 Å². The lowest BCUT2D eigenvalue weighted by atomic mass is 10.2. The molecule has 1 fully saturated rings. The number of nitrogens with one attached hydrogen (secondary N) is 1. The number of hydrogen-bond donors (Lipinski definition) is 2. The third-order valence-corrected chi connectivity index (χ3v) is 7.71. The van der Waals surface area contributed by atoms with Gasteiger partial charge in [-0.25, -0.2) is 9.79 Å². The molecule has 1 aliphatic heterocycles. The predicted octanol–water partition coefficient (Wildman–Crippen LogP) is 6.54. The summed E-state index contributed by atoms with van der Waals surface area (Å²) in [6.45, 7) is 0. The van der Waals surface area contributed by atoms with Crippen molar-refractivity contribution >= 4 is 80.5 Å². The van der Waals surface area contributed by atoms with Crippen molar-refractivity contribution in [3.05, 3.63) is 104 Å². The van der Waals surface area contributed by atoms with E-state index in [4.69, 9.17) is 11.6 Å². The molecule has 188 valence electrons. The molecule has 1 aromatic heterocycles. The summed E-state index contributed by atoms with van der Waals surface area (Å²) in [5.41, 5.74) is 1.31. The number of carbonyl (C=O) groups excluding carboxylic acids is 1. The van der Waals surface area contributed by atoms with Gasteiger partial charge in [-0.3, -0.25) is 19.9 Å². The third-order valence-electron chi connectivity index (χ3n) is 5.35. The van der Waals surface area contributed by atoms with Gasteiger partial charge in [0.1, 0.15) is 0 Å². The Morgan fingerprint density at radius 2 is 1.95 bits per heavy atom. The zero-order chi connectivity index (χ0) is 26.8. The average molecular weight is 563 g/mol. The first-order chi connectivity index (χ1) is 18.3. The van der Waals surface area contributed by atoms with E-state index in [-0.39, 0.29) is 26.3 Å². The molecule has 38 heavy (non-hydrogen) atoms. The minimum absolute atomic E-state index is 0.0741. The van der Waals surface area contributed by atoms with Crippen molar-refractivity contribution in [2.24, 2.45) is 4.99 Å². The number of carbonyl (C=O) groups is 2. The van der Waals surface area contributed by atoms with Gasteiger partial charge in [0.2, 0.25) is 0 Å². The van der Waals surface area contributed by atoms with Gasteiger partial charge in [0.25, 0.3) is 11.6 Å². The Hall–Kier alpha value is -4.19. The van der Waals surface area contributed by atoms with E-state index < -0.39 is 16.8 Å². The fourth-order valence-electron chi connectivity index (χ4n) is 3.63. The van der Waals surface area contributed by atoms with Crippen LogP contribution in [0, 0.1) is 10.1 Å². The molecule has 4 aromatic rings. The number of rotatable bonds is 6. The fraction of sp³-hybridized carbons (Fsp3) is 0. The van der Waals surface area contributed by atoms with Gasteiger partial charge in [0.15, 0.2) is 5.17 Å². The van der Waals surface area contributed by atoms with E-state index in [1.54, 1.807) is 18.3 Å². The quantitative estimate of drug-likeness (QED) is 0.154. The lowest BCUT2D eigenvalue weighted by Gasteiger charge is -2.07.